The zero-order valence-corrected chi connectivity index (χ0v) is 17.2. The molecular weight excluding hydrogens is 356 g/mol. The highest BCUT2D eigenvalue weighted by molar-refractivity contribution is 7.12. The van der Waals surface area contributed by atoms with Gasteiger partial charge in [0, 0.05) is 31.0 Å². The maximum absolute atomic E-state index is 10.9. The zero-order valence-electron chi connectivity index (χ0n) is 15.6. The van der Waals surface area contributed by atoms with Crippen molar-refractivity contribution >= 4 is 40.1 Å². The summed E-state index contributed by atoms with van der Waals surface area (Å²) in [5, 5.41) is 0. The van der Waals surface area contributed by atoms with Crippen LogP contribution in [0.4, 0.5) is 0 Å². The molecule has 0 saturated heterocycles. The molecular formula is C23H24OS2. The van der Waals surface area contributed by atoms with Gasteiger partial charge in [-0.05, 0) is 80.9 Å². The van der Waals surface area contributed by atoms with Crippen molar-refractivity contribution in [1.29, 1.82) is 0 Å². The molecule has 0 radical (unpaired) electrons. The van der Waals surface area contributed by atoms with Crippen LogP contribution in [0.2, 0.25) is 0 Å². The molecule has 0 N–H and O–H groups in total. The highest BCUT2D eigenvalue weighted by Crippen LogP contribution is 2.46. The number of hydrogen-bond acceptors (Lipinski definition) is 3. The van der Waals surface area contributed by atoms with Crippen LogP contribution in [0.25, 0.3) is 11.1 Å². The Morgan fingerprint density at radius 1 is 1.00 bits per heavy atom. The maximum atomic E-state index is 10.9. The van der Waals surface area contributed by atoms with Crippen molar-refractivity contribution in [3.63, 3.8) is 0 Å². The van der Waals surface area contributed by atoms with Crippen LogP contribution in [-0.4, -0.2) is 6.29 Å². The molecule has 0 saturated carbocycles. The van der Waals surface area contributed by atoms with Crippen LogP contribution in [0.1, 0.15) is 62.2 Å². The van der Waals surface area contributed by atoms with E-state index in [0.29, 0.717) is 5.92 Å². The second kappa shape index (κ2) is 7.13. The number of aldehydes is 1. The molecule has 2 aliphatic carbocycles. The summed E-state index contributed by atoms with van der Waals surface area (Å²) in [6.07, 6.45) is 11.7. The number of aryl methyl sites for hydroxylation is 3. The summed E-state index contributed by atoms with van der Waals surface area (Å²) in [5.41, 5.74) is 6.87. The summed E-state index contributed by atoms with van der Waals surface area (Å²) in [4.78, 5) is 16.6. The molecule has 0 aromatic carbocycles. The van der Waals surface area contributed by atoms with Crippen molar-refractivity contribution in [3.05, 3.63) is 66.6 Å². The van der Waals surface area contributed by atoms with Crippen LogP contribution < -0.4 is 0 Å². The first-order valence-electron chi connectivity index (χ1n) is 9.30. The van der Waals surface area contributed by atoms with E-state index >= 15 is 0 Å². The van der Waals surface area contributed by atoms with E-state index in [9.17, 15) is 4.79 Å². The number of carbonyl (C=O) groups excluding carboxylic acids is 1. The van der Waals surface area contributed by atoms with Crippen molar-refractivity contribution in [2.24, 2.45) is 0 Å². The molecule has 2 heterocycles. The Balaban J connectivity index is 1.70. The van der Waals surface area contributed by atoms with E-state index in [1.807, 2.05) is 28.7 Å². The molecule has 0 bridgehead atoms. The first-order chi connectivity index (χ1) is 12.6. The fourth-order valence-corrected chi connectivity index (χ4v) is 6.29. The third-order valence-corrected chi connectivity index (χ3v) is 7.62. The first kappa shape index (κ1) is 17.7. The monoisotopic (exact) mass is 380 g/mol. The number of rotatable bonds is 4. The Hall–Kier alpha value is -1.71. The van der Waals surface area contributed by atoms with Gasteiger partial charge in [0.25, 0.3) is 0 Å². The third kappa shape index (κ3) is 3.19. The van der Waals surface area contributed by atoms with Gasteiger partial charge in [0.15, 0.2) is 0 Å². The normalized spacial score (nSPS) is 20.0. The molecule has 1 atom stereocenters. The summed E-state index contributed by atoms with van der Waals surface area (Å²) in [6.45, 7) is 6.73. The van der Waals surface area contributed by atoms with E-state index in [4.69, 9.17) is 0 Å². The predicted molar refractivity (Wildman–Crippen MR) is 114 cm³/mol. The summed E-state index contributed by atoms with van der Waals surface area (Å²) < 4.78 is 0. The van der Waals surface area contributed by atoms with Crippen molar-refractivity contribution < 1.29 is 4.79 Å². The lowest BCUT2D eigenvalue weighted by Gasteiger charge is -2.12. The number of thiophene rings is 2. The van der Waals surface area contributed by atoms with E-state index in [0.717, 1.165) is 18.3 Å². The summed E-state index contributed by atoms with van der Waals surface area (Å²) in [7, 11) is 0. The fraction of sp³-hybridized carbons (Fsp3) is 0.348. The second-order valence-electron chi connectivity index (χ2n) is 7.28. The molecule has 0 amide bonds. The second-order valence-corrected chi connectivity index (χ2v) is 10.0. The predicted octanol–water partition coefficient (Wildman–Crippen LogP) is 7.00. The Bertz CT molecular complexity index is 949. The summed E-state index contributed by atoms with van der Waals surface area (Å²) in [5.74, 6) is 0.409. The van der Waals surface area contributed by atoms with E-state index in [1.54, 1.807) is 11.1 Å². The number of hydrogen-bond donors (Lipinski definition) is 0. The largest absolute Gasteiger partial charge is 0.298 e. The molecule has 3 heteroatoms. The van der Waals surface area contributed by atoms with Crippen LogP contribution in [0, 0.1) is 20.8 Å². The van der Waals surface area contributed by atoms with Gasteiger partial charge in [-0.25, -0.2) is 0 Å². The van der Waals surface area contributed by atoms with Crippen molar-refractivity contribution in [3.8, 4) is 0 Å². The topological polar surface area (TPSA) is 17.1 Å². The number of allylic oxidation sites excluding steroid dienone is 6. The molecule has 4 rings (SSSR count). The minimum Gasteiger partial charge on any atom is -0.298 e. The number of carbonyl (C=O) groups is 1. The van der Waals surface area contributed by atoms with Gasteiger partial charge in [-0.1, -0.05) is 18.2 Å². The SMILES string of the molecule is Cc1cc(C2=C(c3cc(C4C=CC(C=O)=CC4)sc3C)CCC2)c(C)s1. The first-order valence-corrected chi connectivity index (χ1v) is 10.9. The highest BCUT2D eigenvalue weighted by Gasteiger charge is 2.24. The highest BCUT2D eigenvalue weighted by atomic mass is 32.1. The third-order valence-electron chi connectivity index (χ3n) is 5.48. The van der Waals surface area contributed by atoms with Gasteiger partial charge in [-0.2, -0.15) is 0 Å². The van der Waals surface area contributed by atoms with E-state index in [2.05, 4.69) is 45.1 Å². The van der Waals surface area contributed by atoms with Gasteiger partial charge in [-0.3, -0.25) is 4.79 Å². The van der Waals surface area contributed by atoms with Crippen LogP contribution in [0.15, 0.2) is 35.9 Å². The van der Waals surface area contributed by atoms with Gasteiger partial charge in [-0.15, -0.1) is 22.7 Å². The standard InChI is InChI=1S/C23H24OS2/c1-14-11-21(15(2)25-14)19-5-4-6-20(19)22-12-23(26-16(22)3)18-9-7-17(13-24)8-10-18/h7-9,11-13,18H,4-6,10H2,1-3H3. The van der Waals surface area contributed by atoms with Gasteiger partial charge in [0.1, 0.15) is 6.29 Å². The quantitative estimate of drug-likeness (QED) is 0.522. The molecule has 0 aliphatic heterocycles. The lowest BCUT2D eigenvalue weighted by molar-refractivity contribution is -0.104. The lowest BCUT2D eigenvalue weighted by Crippen LogP contribution is -1.97. The van der Waals surface area contributed by atoms with Crippen LogP contribution >= 0.6 is 22.7 Å². The molecule has 134 valence electrons. The van der Waals surface area contributed by atoms with Gasteiger partial charge < -0.3 is 0 Å². The summed E-state index contributed by atoms with van der Waals surface area (Å²) in [6, 6.07) is 4.79. The molecule has 0 spiro atoms. The van der Waals surface area contributed by atoms with E-state index in [-0.39, 0.29) is 0 Å². The average Bonchev–Trinajstić information content (AvgIpc) is 3.33. The smallest absolute Gasteiger partial charge is 0.149 e. The molecule has 2 aromatic rings. The molecule has 2 aromatic heterocycles. The molecule has 0 fully saturated rings. The average molecular weight is 381 g/mol. The Labute approximate surface area is 163 Å². The van der Waals surface area contributed by atoms with Gasteiger partial charge in [0.2, 0.25) is 0 Å². The summed E-state index contributed by atoms with van der Waals surface area (Å²) >= 11 is 3.83. The van der Waals surface area contributed by atoms with Crippen molar-refractivity contribution in [2.45, 2.75) is 52.4 Å². The minimum absolute atomic E-state index is 0.409. The Morgan fingerprint density at radius 3 is 2.27 bits per heavy atom. The zero-order chi connectivity index (χ0) is 18.3. The van der Waals surface area contributed by atoms with E-state index < -0.39 is 0 Å². The molecule has 2 aliphatic rings. The molecule has 1 unspecified atom stereocenters. The van der Waals surface area contributed by atoms with Crippen LogP contribution in [0.5, 0.6) is 0 Å². The van der Waals surface area contributed by atoms with Gasteiger partial charge >= 0.3 is 0 Å². The molecule has 1 nitrogen and oxygen atoms in total. The fourth-order valence-electron chi connectivity index (χ4n) is 4.19. The Kier molecular flexibility index (Phi) is 4.85. The van der Waals surface area contributed by atoms with Crippen molar-refractivity contribution in [2.75, 3.05) is 0 Å². The lowest BCUT2D eigenvalue weighted by atomic mass is 9.93. The van der Waals surface area contributed by atoms with Crippen LogP contribution in [0.3, 0.4) is 0 Å². The van der Waals surface area contributed by atoms with Crippen molar-refractivity contribution in [1.82, 2.24) is 0 Å². The van der Waals surface area contributed by atoms with E-state index in [1.165, 1.54) is 49.9 Å². The van der Waals surface area contributed by atoms with Crippen LogP contribution in [-0.2, 0) is 4.79 Å². The maximum Gasteiger partial charge on any atom is 0.149 e. The Morgan fingerprint density at radius 2 is 1.69 bits per heavy atom. The minimum atomic E-state index is 0.409. The van der Waals surface area contributed by atoms with Gasteiger partial charge in [0.05, 0.1) is 0 Å². The molecule has 26 heavy (non-hydrogen) atoms.